The molecule has 7 heteroatoms. The minimum absolute atomic E-state index is 0.0342. The van der Waals surface area contributed by atoms with Gasteiger partial charge in [-0.1, -0.05) is 53.3 Å². The van der Waals surface area contributed by atoms with E-state index in [2.05, 4.69) is 10.3 Å². The van der Waals surface area contributed by atoms with E-state index in [-0.39, 0.29) is 17.3 Å². The summed E-state index contributed by atoms with van der Waals surface area (Å²) in [5.74, 6) is -0.343. The first kappa shape index (κ1) is 16.6. The van der Waals surface area contributed by atoms with E-state index < -0.39 is 0 Å². The number of hydrogen-bond donors (Lipinski definition) is 2. The Morgan fingerprint density at radius 3 is 2.73 bits per heavy atom. The number of carbonyl (C=O) groups excluding carboxylic acids is 1. The highest BCUT2D eigenvalue weighted by atomic mass is 35.5. The van der Waals surface area contributed by atoms with Gasteiger partial charge in [-0.05, 0) is 25.1 Å². The smallest absolute Gasteiger partial charge is 0.267 e. The van der Waals surface area contributed by atoms with E-state index in [4.69, 9.17) is 11.6 Å². The van der Waals surface area contributed by atoms with Crippen LogP contribution in [0.25, 0.3) is 16.2 Å². The van der Waals surface area contributed by atoms with Gasteiger partial charge in [-0.3, -0.25) is 9.20 Å². The van der Waals surface area contributed by atoms with Crippen LogP contribution in [-0.4, -0.2) is 20.4 Å². The van der Waals surface area contributed by atoms with E-state index in [1.807, 2.05) is 47.9 Å². The molecule has 2 aromatic heterocycles. The first-order valence-electron chi connectivity index (χ1n) is 7.86. The predicted molar refractivity (Wildman–Crippen MR) is 104 cm³/mol. The van der Waals surface area contributed by atoms with E-state index >= 15 is 0 Å². The summed E-state index contributed by atoms with van der Waals surface area (Å²) in [6.45, 7) is 1.87. The predicted octanol–water partition coefficient (Wildman–Crippen LogP) is 4.98. The maximum atomic E-state index is 12.6. The molecular formula is C19H14ClN3O2S. The lowest BCUT2D eigenvalue weighted by atomic mass is 10.2. The van der Waals surface area contributed by atoms with Gasteiger partial charge in [0, 0.05) is 22.5 Å². The normalized spacial score (nSPS) is 11.0. The summed E-state index contributed by atoms with van der Waals surface area (Å²) in [5.41, 5.74) is 2.95. The van der Waals surface area contributed by atoms with Crippen molar-refractivity contribution in [3.63, 3.8) is 0 Å². The number of phenols is 1. The molecule has 2 heterocycles. The maximum Gasteiger partial charge on any atom is 0.267 e. The molecule has 0 aliphatic heterocycles. The third-order valence-electron chi connectivity index (χ3n) is 4.04. The summed E-state index contributed by atoms with van der Waals surface area (Å²) in [7, 11) is 0. The van der Waals surface area contributed by atoms with Gasteiger partial charge < -0.3 is 10.4 Å². The van der Waals surface area contributed by atoms with Crippen LogP contribution in [0, 0.1) is 6.92 Å². The fourth-order valence-electron chi connectivity index (χ4n) is 2.70. The highest BCUT2D eigenvalue weighted by Crippen LogP contribution is 2.30. The van der Waals surface area contributed by atoms with Crippen LogP contribution in [0.5, 0.6) is 5.75 Å². The van der Waals surface area contributed by atoms with Gasteiger partial charge in [0.1, 0.15) is 10.6 Å². The second-order valence-corrected chi connectivity index (χ2v) is 7.19. The highest BCUT2D eigenvalue weighted by Gasteiger charge is 2.19. The zero-order chi connectivity index (χ0) is 18.3. The van der Waals surface area contributed by atoms with Crippen LogP contribution in [0.15, 0.2) is 54.7 Å². The number of amides is 1. The number of aryl methyl sites for hydroxylation is 1. The Bertz CT molecular complexity index is 1120. The van der Waals surface area contributed by atoms with Crippen LogP contribution in [0.1, 0.15) is 15.4 Å². The fraction of sp³-hybridized carbons (Fsp3) is 0.0526. The molecule has 0 radical (unpaired) electrons. The molecule has 0 atom stereocenters. The lowest BCUT2D eigenvalue weighted by molar-refractivity contribution is 0.102. The molecule has 130 valence electrons. The molecule has 0 saturated carbocycles. The molecule has 4 aromatic rings. The van der Waals surface area contributed by atoms with Crippen LogP contribution in [0.3, 0.4) is 0 Å². The first-order valence-corrected chi connectivity index (χ1v) is 9.06. The Labute approximate surface area is 158 Å². The molecule has 0 spiro atoms. The largest absolute Gasteiger partial charge is 0.506 e. The van der Waals surface area contributed by atoms with Crippen molar-refractivity contribution < 1.29 is 9.90 Å². The number of carbonyl (C=O) groups is 1. The van der Waals surface area contributed by atoms with Crippen molar-refractivity contribution in [3.05, 3.63) is 70.3 Å². The molecule has 26 heavy (non-hydrogen) atoms. The van der Waals surface area contributed by atoms with Gasteiger partial charge in [-0.25, -0.2) is 4.98 Å². The number of imidazole rings is 1. The Kier molecular flexibility index (Phi) is 4.14. The van der Waals surface area contributed by atoms with Crippen LogP contribution in [0.2, 0.25) is 5.02 Å². The van der Waals surface area contributed by atoms with E-state index in [0.29, 0.717) is 9.90 Å². The van der Waals surface area contributed by atoms with Gasteiger partial charge in [0.05, 0.1) is 11.4 Å². The number of rotatable bonds is 3. The topological polar surface area (TPSA) is 66.6 Å². The van der Waals surface area contributed by atoms with Crippen molar-refractivity contribution in [2.24, 2.45) is 0 Å². The second kappa shape index (κ2) is 6.48. The monoisotopic (exact) mass is 383 g/mol. The van der Waals surface area contributed by atoms with Crippen molar-refractivity contribution in [2.75, 3.05) is 5.32 Å². The molecule has 0 fully saturated rings. The Balaban J connectivity index is 1.67. The standard InChI is InChI=1S/C19H14ClN3O2S/c1-11-17(18(25)21-14-9-13(20)7-8-16(14)24)26-19-22-15(10-23(11)19)12-5-3-2-4-6-12/h2-10,24H,1H3,(H,21,25). The van der Waals surface area contributed by atoms with Crippen LogP contribution in [0.4, 0.5) is 5.69 Å². The van der Waals surface area contributed by atoms with Crippen molar-refractivity contribution in [2.45, 2.75) is 6.92 Å². The van der Waals surface area contributed by atoms with Gasteiger partial charge in [-0.15, -0.1) is 0 Å². The molecule has 4 rings (SSSR count). The SMILES string of the molecule is Cc1c(C(=O)Nc2cc(Cl)ccc2O)sc2nc(-c3ccccc3)cn12. The first-order chi connectivity index (χ1) is 12.5. The number of nitrogens with zero attached hydrogens (tertiary/aromatic N) is 2. The Morgan fingerprint density at radius 1 is 1.23 bits per heavy atom. The molecule has 0 unspecified atom stereocenters. The lowest BCUT2D eigenvalue weighted by Gasteiger charge is -2.07. The maximum absolute atomic E-state index is 12.6. The van der Waals surface area contributed by atoms with Crippen LogP contribution >= 0.6 is 22.9 Å². The Hall–Kier alpha value is -2.83. The number of hydrogen-bond acceptors (Lipinski definition) is 4. The molecule has 0 aliphatic carbocycles. The number of aromatic nitrogens is 2. The Morgan fingerprint density at radius 2 is 2.00 bits per heavy atom. The highest BCUT2D eigenvalue weighted by molar-refractivity contribution is 7.19. The number of anilines is 1. The second-order valence-electron chi connectivity index (χ2n) is 5.78. The number of nitrogens with one attached hydrogen (secondary N) is 1. The van der Waals surface area contributed by atoms with Gasteiger partial charge in [0.2, 0.25) is 0 Å². The number of benzene rings is 2. The molecule has 0 bridgehead atoms. The number of thiazole rings is 1. The average molecular weight is 384 g/mol. The van der Waals surface area contributed by atoms with Crippen molar-refractivity contribution in [1.29, 1.82) is 0 Å². The molecule has 5 nitrogen and oxygen atoms in total. The lowest BCUT2D eigenvalue weighted by Crippen LogP contribution is -2.12. The number of halogens is 1. The van der Waals surface area contributed by atoms with Gasteiger partial charge in [0.25, 0.3) is 5.91 Å². The summed E-state index contributed by atoms with van der Waals surface area (Å²) < 4.78 is 1.90. The van der Waals surface area contributed by atoms with E-state index in [9.17, 15) is 9.90 Å². The van der Waals surface area contributed by atoms with Gasteiger partial charge in [-0.2, -0.15) is 0 Å². The third kappa shape index (κ3) is 2.94. The molecule has 0 aliphatic rings. The number of phenolic OH excluding ortho intramolecular Hbond substituents is 1. The fourth-order valence-corrected chi connectivity index (χ4v) is 3.87. The molecule has 2 N–H and O–H groups in total. The van der Waals surface area contributed by atoms with Crippen LogP contribution < -0.4 is 5.32 Å². The minimum Gasteiger partial charge on any atom is -0.506 e. The van der Waals surface area contributed by atoms with Gasteiger partial charge >= 0.3 is 0 Å². The summed E-state index contributed by atoms with van der Waals surface area (Å²) >= 11 is 7.23. The van der Waals surface area contributed by atoms with Gasteiger partial charge in [0.15, 0.2) is 4.96 Å². The third-order valence-corrected chi connectivity index (χ3v) is 5.43. The molecule has 1 amide bonds. The van der Waals surface area contributed by atoms with E-state index in [1.165, 1.54) is 23.5 Å². The summed E-state index contributed by atoms with van der Waals surface area (Å²) in [6.07, 6.45) is 1.92. The average Bonchev–Trinajstić information content (AvgIpc) is 3.19. The molecule has 2 aromatic carbocycles. The number of aromatic hydroxyl groups is 1. The molecule has 0 saturated heterocycles. The van der Waals surface area contributed by atoms with Crippen molar-refractivity contribution in [1.82, 2.24) is 9.38 Å². The number of fused-ring (bicyclic) bond motifs is 1. The van der Waals surface area contributed by atoms with E-state index in [1.54, 1.807) is 6.07 Å². The minimum atomic E-state index is -0.308. The van der Waals surface area contributed by atoms with Crippen LogP contribution in [-0.2, 0) is 0 Å². The summed E-state index contributed by atoms with van der Waals surface area (Å²) in [4.78, 5) is 18.5. The summed E-state index contributed by atoms with van der Waals surface area (Å²) in [5, 5.41) is 13.0. The van der Waals surface area contributed by atoms with E-state index in [0.717, 1.165) is 21.9 Å². The van der Waals surface area contributed by atoms with Crippen molar-refractivity contribution >= 4 is 39.5 Å². The van der Waals surface area contributed by atoms with Crippen molar-refractivity contribution in [3.8, 4) is 17.0 Å². The summed E-state index contributed by atoms with van der Waals surface area (Å²) in [6, 6.07) is 14.4. The zero-order valence-corrected chi connectivity index (χ0v) is 15.3. The zero-order valence-electron chi connectivity index (χ0n) is 13.7. The molecular weight excluding hydrogens is 370 g/mol. The quantitative estimate of drug-likeness (QED) is 0.490.